The lowest BCUT2D eigenvalue weighted by molar-refractivity contribution is -0.144. The van der Waals surface area contributed by atoms with E-state index in [1.807, 2.05) is 0 Å². The number of ether oxygens (including phenoxy) is 1. The first-order valence-corrected chi connectivity index (χ1v) is 7.29. The molecule has 0 radical (unpaired) electrons. The Morgan fingerprint density at radius 3 is 2.25 bits per heavy atom. The number of allylic oxidation sites excluding steroid dienone is 2. The first-order chi connectivity index (χ1) is 11.3. The third-order valence-electron chi connectivity index (χ3n) is 3.34. The van der Waals surface area contributed by atoms with E-state index < -0.39 is 57.8 Å². The number of aliphatic hydroxyl groups excluding tert-OH is 1. The van der Waals surface area contributed by atoms with Crippen LogP contribution in [0.4, 0.5) is 5.69 Å². The normalized spacial score (nSPS) is 14.3. The maximum Gasteiger partial charge on any atom is 0.330 e. The Hall–Kier alpha value is -2.58. The number of hydrogen-bond donors (Lipinski definition) is 4. The number of hydrogen-bond acceptors (Lipinski definition) is 8. The third-order valence-corrected chi connectivity index (χ3v) is 3.71. The number of nitrogens with one attached hydrogen (secondary N) is 1. The largest absolute Gasteiger partial charge is 0.505 e. The minimum Gasteiger partial charge on any atom is -0.505 e. The molecule has 1 aliphatic rings. The van der Waals surface area contributed by atoms with Gasteiger partial charge < -0.3 is 25.4 Å². The topological polar surface area (TPSA) is 133 Å². The number of aliphatic hydroxyl groups is 1. The fraction of sp³-hybridized carbons (Fsp3) is 0.267. The number of carbonyl (C=O) groups excluding carboxylic acids is 3. The Bertz CT molecular complexity index is 757. The fourth-order valence-corrected chi connectivity index (χ4v) is 2.46. The molecule has 0 spiro atoms. The Morgan fingerprint density at radius 1 is 1.21 bits per heavy atom. The molecule has 0 amide bonds. The molecule has 4 N–H and O–H groups in total. The minimum absolute atomic E-state index is 0.0595. The zero-order valence-electron chi connectivity index (χ0n) is 12.5. The molecule has 0 saturated heterocycles. The zero-order valence-corrected chi connectivity index (χ0v) is 13.3. The molecule has 128 valence electrons. The van der Waals surface area contributed by atoms with Crippen molar-refractivity contribution < 1.29 is 34.4 Å². The van der Waals surface area contributed by atoms with E-state index in [1.54, 1.807) is 6.92 Å². The van der Waals surface area contributed by atoms with Crippen molar-refractivity contribution in [1.82, 2.24) is 0 Å². The number of fused-ring (bicyclic) bond motifs is 1. The number of benzene rings is 1. The fourth-order valence-electron chi connectivity index (χ4n) is 2.22. The highest BCUT2D eigenvalue weighted by Gasteiger charge is 2.33. The lowest BCUT2D eigenvalue weighted by Crippen LogP contribution is -2.35. The molecule has 0 unspecified atom stereocenters. The second-order valence-electron chi connectivity index (χ2n) is 4.83. The molecule has 0 saturated carbocycles. The summed E-state index contributed by atoms with van der Waals surface area (Å²) in [6.07, 6.45) is 1.89. The smallest absolute Gasteiger partial charge is 0.330 e. The van der Waals surface area contributed by atoms with Crippen LogP contribution in [0, 0.1) is 0 Å². The monoisotopic (exact) mass is 355 g/mol. The average Bonchev–Trinajstić information content (AvgIpc) is 2.55. The van der Waals surface area contributed by atoms with Crippen molar-refractivity contribution in [3.63, 3.8) is 0 Å². The Labute approximate surface area is 141 Å². The number of phenolic OH excluding ortho intramolecular Hbond substituents is 2. The van der Waals surface area contributed by atoms with Crippen LogP contribution in [0.1, 0.15) is 27.6 Å². The number of phenols is 2. The predicted molar refractivity (Wildman–Crippen MR) is 83.7 cm³/mol. The molecule has 24 heavy (non-hydrogen) atoms. The number of anilines is 1. The van der Waals surface area contributed by atoms with Gasteiger partial charge in [-0.2, -0.15) is 0 Å². The van der Waals surface area contributed by atoms with Gasteiger partial charge in [-0.1, -0.05) is 11.6 Å². The second kappa shape index (κ2) is 6.90. The predicted octanol–water partition coefficient (Wildman–Crippen LogP) is 1.02. The van der Waals surface area contributed by atoms with Crippen LogP contribution in [0.15, 0.2) is 12.2 Å². The van der Waals surface area contributed by atoms with Crippen LogP contribution >= 0.6 is 11.6 Å². The molecule has 1 aromatic carbocycles. The van der Waals surface area contributed by atoms with Crippen molar-refractivity contribution in [1.29, 1.82) is 0 Å². The van der Waals surface area contributed by atoms with Gasteiger partial charge in [-0.15, -0.1) is 0 Å². The third kappa shape index (κ3) is 2.93. The van der Waals surface area contributed by atoms with E-state index >= 15 is 0 Å². The summed E-state index contributed by atoms with van der Waals surface area (Å²) in [4.78, 5) is 35.5. The summed E-state index contributed by atoms with van der Waals surface area (Å²) in [6.45, 7) is 0.932. The number of aromatic hydroxyl groups is 2. The maximum absolute atomic E-state index is 11.9. The summed E-state index contributed by atoms with van der Waals surface area (Å²) < 4.78 is 4.75. The zero-order chi connectivity index (χ0) is 18.0. The van der Waals surface area contributed by atoms with Gasteiger partial charge in [-0.25, -0.2) is 4.79 Å². The van der Waals surface area contributed by atoms with Crippen LogP contribution in [0.2, 0.25) is 5.02 Å². The van der Waals surface area contributed by atoms with Gasteiger partial charge in [-0.05, 0) is 19.1 Å². The van der Waals surface area contributed by atoms with Crippen LogP contribution in [0.5, 0.6) is 11.5 Å². The van der Waals surface area contributed by atoms with E-state index in [4.69, 9.17) is 16.3 Å². The van der Waals surface area contributed by atoms with Gasteiger partial charge in [0.25, 0.3) is 0 Å². The summed E-state index contributed by atoms with van der Waals surface area (Å²) in [5.41, 5.74) is -1.23. The van der Waals surface area contributed by atoms with Gasteiger partial charge in [-0.3, -0.25) is 9.59 Å². The van der Waals surface area contributed by atoms with Crippen LogP contribution in [-0.4, -0.2) is 52.1 Å². The Kier molecular flexibility index (Phi) is 5.10. The van der Waals surface area contributed by atoms with Crippen molar-refractivity contribution in [3.05, 3.63) is 28.3 Å². The van der Waals surface area contributed by atoms with Gasteiger partial charge in [0.15, 0.2) is 17.3 Å². The molecule has 1 aliphatic carbocycles. The molecule has 0 aliphatic heterocycles. The second-order valence-corrected chi connectivity index (χ2v) is 5.21. The Balaban J connectivity index is 2.55. The molecule has 0 heterocycles. The minimum atomic E-state index is -1.30. The lowest BCUT2D eigenvalue weighted by Gasteiger charge is -2.22. The SMILES string of the molecule is CCOC(=O)[C@H](CO)Nc1c(O)c2c(c(O)c1Cl)C(=O)C=CC2=O. The van der Waals surface area contributed by atoms with E-state index in [0.29, 0.717) is 0 Å². The van der Waals surface area contributed by atoms with Gasteiger partial charge in [0.05, 0.1) is 24.3 Å². The summed E-state index contributed by atoms with van der Waals surface area (Å²) in [5.74, 6) is -3.66. The molecule has 0 fully saturated rings. The highest BCUT2D eigenvalue weighted by atomic mass is 35.5. The summed E-state index contributed by atoms with van der Waals surface area (Å²) in [7, 11) is 0. The van der Waals surface area contributed by atoms with Crippen molar-refractivity contribution in [2.45, 2.75) is 13.0 Å². The van der Waals surface area contributed by atoms with E-state index in [0.717, 1.165) is 12.2 Å². The average molecular weight is 356 g/mol. The van der Waals surface area contributed by atoms with Crippen LogP contribution in [-0.2, 0) is 9.53 Å². The van der Waals surface area contributed by atoms with Crippen molar-refractivity contribution >= 4 is 34.8 Å². The van der Waals surface area contributed by atoms with E-state index in [9.17, 15) is 29.7 Å². The van der Waals surface area contributed by atoms with Crippen molar-refractivity contribution in [2.24, 2.45) is 0 Å². The molecule has 1 atom stereocenters. The molecule has 9 heteroatoms. The highest BCUT2D eigenvalue weighted by molar-refractivity contribution is 6.37. The quantitative estimate of drug-likeness (QED) is 0.349. The molecule has 8 nitrogen and oxygen atoms in total. The molecule has 2 rings (SSSR count). The first-order valence-electron chi connectivity index (χ1n) is 6.91. The summed E-state index contributed by atoms with van der Waals surface area (Å²) >= 11 is 5.94. The van der Waals surface area contributed by atoms with Crippen molar-refractivity contribution in [3.8, 4) is 11.5 Å². The molecule has 1 aromatic rings. The number of carbonyl (C=O) groups is 3. The maximum atomic E-state index is 11.9. The highest BCUT2D eigenvalue weighted by Crippen LogP contribution is 2.46. The van der Waals surface area contributed by atoms with Crippen LogP contribution in [0.25, 0.3) is 0 Å². The van der Waals surface area contributed by atoms with Gasteiger partial charge in [0, 0.05) is 0 Å². The molecular formula is C15H14ClNO7. The lowest BCUT2D eigenvalue weighted by atomic mass is 9.92. The number of rotatable bonds is 5. The van der Waals surface area contributed by atoms with Crippen LogP contribution in [0.3, 0.4) is 0 Å². The van der Waals surface area contributed by atoms with Gasteiger partial charge >= 0.3 is 5.97 Å². The van der Waals surface area contributed by atoms with Crippen LogP contribution < -0.4 is 5.32 Å². The number of ketones is 2. The first kappa shape index (κ1) is 17.8. The molecule has 0 aromatic heterocycles. The molecule has 0 bridgehead atoms. The standard InChI is InChI=1S/C15H14ClNO7/c1-2-24-15(23)6(5-18)17-12-11(16)13(21)9-7(19)3-4-8(20)10(9)14(12)22/h3-4,6,17-18,21-22H,2,5H2,1H3/t6-/m0/s1. The van der Waals surface area contributed by atoms with Crippen molar-refractivity contribution in [2.75, 3.05) is 18.5 Å². The van der Waals surface area contributed by atoms with Gasteiger partial charge in [0.2, 0.25) is 0 Å². The van der Waals surface area contributed by atoms with E-state index in [1.165, 1.54) is 0 Å². The van der Waals surface area contributed by atoms with Gasteiger partial charge in [0.1, 0.15) is 22.5 Å². The van der Waals surface area contributed by atoms with E-state index in [2.05, 4.69) is 5.32 Å². The summed E-state index contributed by atoms with van der Waals surface area (Å²) in [6, 6.07) is -1.30. The number of esters is 1. The summed E-state index contributed by atoms with van der Waals surface area (Å²) in [5, 5.41) is 31.6. The van der Waals surface area contributed by atoms with E-state index in [-0.39, 0.29) is 12.3 Å². The number of halogens is 1. The Morgan fingerprint density at radius 2 is 1.75 bits per heavy atom. The molecular weight excluding hydrogens is 342 g/mol.